The molecule has 1 unspecified atom stereocenters. The molecule has 0 radical (unpaired) electrons. The Morgan fingerprint density at radius 1 is 1.25 bits per heavy atom. The summed E-state index contributed by atoms with van der Waals surface area (Å²) in [7, 11) is 1.69. The molecule has 0 saturated carbocycles. The van der Waals surface area contributed by atoms with Gasteiger partial charge in [0.15, 0.2) is 0 Å². The fourth-order valence-corrected chi connectivity index (χ4v) is 3.01. The van der Waals surface area contributed by atoms with Crippen molar-refractivity contribution < 1.29 is 4.74 Å². The number of aromatic amines is 1. The smallest absolute Gasteiger partial charge is 0.204 e. The minimum atomic E-state index is 0.229. The number of rotatable bonds is 8. The van der Waals surface area contributed by atoms with Gasteiger partial charge >= 0.3 is 0 Å². The highest BCUT2D eigenvalue weighted by atomic mass is 16.5. The minimum Gasteiger partial charge on any atom is -0.496 e. The fourth-order valence-electron chi connectivity index (χ4n) is 3.01. The van der Waals surface area contributed by atoms with E-state index in [4.69, 9.17) is 4.74 Å². The first-order valence-electron chi connectivity index (χ1n) is 8.44. The maximum Gasteiger partial charge on any atom is 0.204 e. The number of allylic oxidation sites excluding steroid dienone is 1. The normalized spacial score (nSPS) is 16.4. The number of nitrogens with zero attached hydrogens (tertiary/aromatic N) is 4. The molecular formula is C18H23N5O. The standard InChI is InChI=1S/C18H23N5O/c1-3-4-5-6-13-9-10-19-16(13)11-14-7-8-15(12-17(14)24-2)18-20-22-23-21-18/h7-10,12,16H,3-6,11H2,1-2H3,(H,20,21,22,23). The zero-order valence-corrected chi connectivity index (χ0v) is 14.2. The van der Waals surface area contributed by atoms with Gasteiger partial charge in [-0.15, -0.1) is 10.2 Å². The minimum absolute atomic E-state index is 0.229. The van der Waals surface area contributed by atoms with Crippen molar-refractivity contribution in [1.29, 1.82) is 0 Å². The number of methoxy groups -OCH3 is 1. The third-order valence-electron chi connectivity index (χ3n) is 4.36. The molecule has 0 spiro atoms. The highest BCUT2D eigenvalue weighted by Gasteiger charge is 2.19. The number of tetrazole rings is 1. The second-order valence-corrected chi connectivity index (χ2v) is 5.98. The van der Waals surface area contributed by atoms with Crippen molar-refractivity contribution in [2.24, 2.45) is 4.99 Å². The van der Waals surface area contributed by atoms with E-state index < -0.39 is 0 Å². The van der Waals surface area contributed by atoms with Crippen LogP contribution in [0.5, 0.6) is 5.75 Å². The Morgan fingerprint density at radius 2 is 2.17 bits per heavy atom. The maximum atomic E-state index is 5.57. The van der Waals surface area contributed by atoms with Crippen molar-refractivity contribution in [1.82, 2.24) is 20.6 Å². The summed E-state index contributed by atoms with van der Waals surface area (Å²) >= 11 is 0. The zero-order chi connectivity index (χ0) is 16.8. The Hall–Kier alpha value is -2.50. The lowest BCUT2D eigenvalue weighted by Crippen LogP contribution is -2.10. The molecule has 3 rings (SSSR count). The van der Waals surface area contributed by atoms with Crippen LogP contribution in [0.3, 0.4) is 0 Å². The van der Waals surface area contributed by atoms with E-state index in [0.29, 0.717) is 5.82 Å². The summed E-state index contributed by atoms with van der Waals surface area (Å²) in [6.45, 7) is 2.23. The van der Waals surface area contributed by atoms with Crippen LogP contribution in [0.2, 0.25) is 0 Å². The van der Waals surface area contributed by atoms with Crippen LogP contribution in [0.25, 0.3) is 11.4 Å². The van der Waals surface area contributed by atoms with E-state index >= 15 is 0 Å². The van der Waals surface area contributed by atoms with Gasteiger partial charge in [0.2, 0.25) is 5.82 Å². The molecule has 0 aliphatic carbocycles. The number of unbranched alkanes of at least 4 members (excludes halogenated alkanes) is 2. The van der Waals surface area contributed by atoms with E-state index in [1.807, 2.05) is 18.3 Å². The van der Waals surface area contributed by atoms with Crippen molar-refractivity contribution in [3.63, 3.8) is 0 Å². The average molecular weight is 325 g/mol. The Labute approximate surface area is 142 Å². The van der Waals surface area contributed by atoms with Crippen molar-refractivity contribution in [2.45, 2.75) is 45.1 Å². The first-order chi connectivity index (χ1) is 11.8. The lowest BCUT2D eigenvalue weighted by atomic mass is 9.95. The van der Waals surface area contributed by atoms with Crippen LogP contribution in [0, 0.1) is 0 Å². The topological polar surface area (TPSA) is 76.0 Å². The summed E-state index contributed by atoms with van der Waals surface area (Å²) in [5.74, 6) is 1.41. The third kappa shape index (κ3) is 3.69. The summed E-state index contributed by atoms with van der Waals surface area (Å²) in [4.78, 5) is 4.63. The van der Waals surface area contributed by atoms with Gasteiger partial charge in [-0.05, 0) is 41.3 Å². The van der Waals surface area contributed by atoms with Gasteiger partial charge in [-0.2, -0.15) is 5.21 Å². The van der Waals surface area contributed by atoms with E-state index in [9.17, 15) is 0 Å². The molecule has 1 aliphatic rings. The number of aromatic nitrogens is 4. The lowest BCUT2D eigenvalue weighted by molar-refractivity contribution is 0.409. The quantitative estimate of drug-likeness (QED) is 0.755. The highest BCUT2D eigenvalue weighted by molar-refractivity contribution is 5.76. The Morgan fingerprint density at radius 3 is 2.92 bits per heavy atom. The SMILES string of the molecule is CCCCCC1=CC=NC1Cc1ccc(-c2nn[nH]n2)cc1OC. The van der Waals surface area contributed by atoms with Crippen LogP contribution < -0.4 is 4.74 Å². The summed E-state index contributed by atoms with van der Waals surface area (Å²) in [5.41, 5.74) is 3.46. The molecule has 0 saturated heterocycles. The molecular weight excluding hydrogens is 302 g/mol. The molecule has 1 N–H and O–H groups in total. The maximum absolute atomic E-state index is 5.57. The monoisotopic (exact) mass is 325 g/mol. The number of hydrogen-bond donors (Lipinski definition) is 1. The molecule has 1 aromatic heterocycles. The number of hydrogen-bond acceptors (Lipinski definition) is 5. The van der Waals surface area contributed by atoms with E-state index in [2.05, 4.69) is 44.7 Å². The molecule has 2 heterocycles. The number of ether oxygens (including phenoxy) is 1. The zero-order valence-electron chi connectivity index (χ0n) is 14.2. The predicted octanol–water partition coefficient (Wildman–Crippen LogP) is 3.38. The Kier molecular flexibility index (Phi) is 5.36. The van der Waals surface area contributed by atoms with Gasteiger partial charge in [0.25, 0.3) is 0 Å². The first-order valence-corrected chi connectivity index (χ1v) is 8.44. The van der Waals surface area contributed by atoms with Gasteiger partial charge in [0, 0.05) is 18.2 Å². The molecule has 1 aromatic carbocycles. The number of aliphatic imine (C=N–C) groups is 1. The van der Waals surface area contributed by atoms with Gasteiger partial charge in [0.05, 0.1) is 13.2 Å². The summed E-state index contributed by atoms with van der Waals surface area (Å²) < 4.78 is 5.57. The van der Waals surface area contributed by atoms with Crippen molar-refractivity contribution >= 4 is 6.21 Å². The van der Waals surface area contributed by atoms with Gasteiger partial charge in [-0.25, -0.2) is 0 Å². The van der Waals surface area contributed by atoms with Crippen LogP contribution in [-0.4, -0.2) is 40.0 Å². The van der Waals surface area contributed by atoms with Crippen molar-refractivity contribution in [3.8, 4) is 17.1 Å². The van der Waals surface area contributed by atoms with E-state index in [1.165, 1.54) is 24.8 Å². The number of benzene rings is 1. The molecule has 6 nitrogen and oxygen atoms in total. The van der Waals surface area contributed by atoms with Crippen LogP contribution >= 0.6 is 0 Å². The third-order valence-corrected chi connectivity index (χ3v) is 4.36. The molecule has 1 atom stereocenters. The van der Waals surface area contributed by atoms with E-state index in [-0.39, 0.29) is 6.04 Å². The second-order valence-electron chi connectivity index (χ2n) is 5.98. The molecule has 0 amide bonds. The van der Waals surface area contributed by atoms with Crippen LogP contribution in [-0.2, 0) is 6.42 Å². The molecule has 0 fully saturated rings. The number of H-pyrrole nitrogens is 1. The van der Waals surface area contributed by atoms with Crippen LogP contribution in [0.1, 0.15) is 38.2 Å². The molecule has 1 aliphatic heterocycles. The summed E-state index contributed by atoms with van der Waals surface area (Å²) in [6, 6.07) is 6.26. The highest BCUT2D eigenvalue weighted by Crippen LogP contribution is 2.29. The van der Waals surface area contributed by atoms with Crippen molar-refractivity contribution in [3.05, 3.63) is 35.4 Å². The Bertz CT molecular complexity index is 721. The number of nitrogens with one attached hydrogen (secondary N) is 1. The van der Waals surface area contributed by atoms with E-state index in [1.54, 1.807) is 7.11 Å². The van der Waals surface area contributed by atoms with E-state index in [0.717, 1.165) is 29.7 Å². The fraction of sp³-hybridized carbons (Fsp3) is 0.444. The van der Waals surface area contributed by atoms with Gasteiger partial charge in [-0.1, -0.05) is 31.9 Å². The van der Waals surface area contributed by atoms with Gasteiger partial charge in [0.1, 0.15) is 5.75 Å². The molecule has 6 heteroatoms. The van der Waals surface area contributed by atoms with Crippen molar-refractivity contribution in [2.75, 3.05) is 7.11 Å². The summed E-state index contributed by atoms with van der Waals surface area (Å²) in [6.07, 6.45) is 9.82. The first kappa shape index (κ1) is 16.4. The Balaban J connectivity index is 1.73. The molecule has 24 heavy (non-hydrogen) atoms. The van der Waals surface area contributed by atoms with Gasteiger partial charge in [-0.3, -0.25) is 4.99 Å². The van der Waals surface area contributed by atoms with Crippen LogP contribution in [0.4, 0.5) is 0 Å². The summed E-state index contributed by atoms with van der Waals surface area (Å²) in [5, 5.41) is 14.1. The largest absolute Gasteiger partial charge is 0.496 e. The lowest BCUT2D eigenvalue weighted by Gasteiger charge is -2.16. The van der Waals surface area contributed by atoms with Crippen LogP contribution in [0.15, 0.2) is 34.8 Å². The predicted molar refractivity (Wildman–Crippen MR) is 94.4 cm³/mol. The molecule has 0 bridgehead atoms. The molecule has 126 valence electrons. The average Bonchev–Trinajstić information content (AvgIpc) is 3.28. The molecule has 2 aromatic rings. The van der Waals surface area contributed by atoms with Gasteiger partial charge < -0.3 is 4.74 Å². The second kappa shape index (κ2) is 7.86.